The Morgan fingerprint density at radius 2 is 1.84 bits per heavy atom. The van der Waals surface area contributed by atoms with Gasteiger partial charge < -0.3 is 14.7 Å². The molecule has 1 atom stereocenters. The maximum absolute atomic E-state index is 5.82. The number of hydrogen-bond donors (Lipinski definition) is 1. The molecule has 1 unspecified atom stereocenters. The summed E-state index contributed by atoms with van der Waals surface area (Å²) in [5.74, 6) is 1.10. The Bertz CT molecular complexity index is 1170. The Morgan fingerprint density at radius 3 is 2.50 bits per heavy atom. The second kappa shape index (κ2) is 9.46. The first kappa shape index (κ1) is 22.6. The number of thiocarbonyl (C=S) groups is 1. The topological polar surface area (TPSA) is 54.2 Å². The lowest BCUT2D eigenvalue weighted by atomic mass is 9.92. The summed E-state index contributed by atoms with van der Waals surface area (Å²) >= 11 is 7.43. The monoisotopic (exact) mass is 464 g/mol. The van der Waals surface area contributed by atoms with Gasteiger partial charge in [0.2, 0.25) is 5.82 Å². The molecule has 32 heavy (non-hydrogen) atoms. The van der Waals surface area contributed by atoms with E-state index in [1.807, 2.05) is 12.1 Å². The van der Waals surface area contributed by atoms with E-state index in [1.54, 1.807) is 11.8 Å². The summed E-state index contributed by atoms with van der Waals surface area (Å²) in [7, 11) is 0. The van der Waals surface area contributed by atoms with Crippen LogP contribution in [0.15, 0.2) is 57.6 Å². The largest absolute Gasteiger partial charge is 0.351 e. The molecule has 1 aromatic heterocycles. The number of aryl methyl sites for hydroxylation is 2. The molecule has 0 bridgehead atoms. The van der Waals surface area contributed by atoms with Gasteiger partial charge in [-0.1, -0.05) is 30.3 Å². The first-order valence-corrected chi connectivity index (χ1v) is 12.4. The van der Waals surface area contributed by atoms with Crippen LogP contribution in [-0.2, 0) is 0 Å². The van der Waals surface area contributed by atoms with Crippen LogP contribution in [0.3, 0.4) is 0 Å². The highest BCUT2D eigenvalue weighted by molar-refractivity contribution is 7.98. The standard InChI is InChI=1S/C25H28N4OS2/c1-6-13-29-17(4)21(22(26-25(29)31)19-8-7-15(2)16(3)14-19)24-27-23(28-30-24)18-9-11-20(32-5)12-10-18/h7-12,14,22H,6,13H2,1-5H3,(H,26,31). The third kappa shape index (κ3) is 4.32. The van der Waals surface area contributed by atoms with E-state index in [9.17, 15) is 0 Å². The lowest BCUT2D eigenvalue weighted by Crippen LogP contribution is -2.46. The van der Waals surface area contributed by atoms with Gasteiger partial charge in [-0.2, -0.15) is 4.98 Å². The molecule has 166 valence electrons. The van der Waals surface area contributed by atoms with Crippen molar-refractivity contribution in [3.63, 3.8) is 0 Å². The molecule has 0 saturated carbocycles. The smallest absolute Gasteiger partial charge is 0.258 e. The minimum atomic E-state index is -0.151. The summed E-state index contributed by atoms with van der Waals surface area (Å²) in [5.41, 5.74) is 6.58. The number of rotatable bonds is 6. The SMILES string of the molecule is CCCN1C(=S)NC(c2ccc(C)c(C)c2)C(c2nc(-c3ccc(SC)cc3)no2)=C1C. The van der Waals surface area contributed by atoms with Crippen molar-refractivity contribution in [1.29, 1.82) is 0 Å². The summed E-state index contributed by atoms with van der Waals surface area (Å²) in [6.07, 6.45) is 3.05. The second-order valence-corrected chi connectivity index (χ2v) is 9.29. The van der Waals surface area contributed by atoms with E-state index in [1.165, 1.54) is 16.0 Å². The molecule has 0 amide bonds. The fourth-order valence-corrected chi connectivity index (χ4v) is 4.69. The first-order chi connectivity index (χ1) is 15.4. The van der Waals surface area contributed by atoms with Crippen molar-refractivity contribution in [3.8, 4) is 11.4 Å². The van der Waals surface area contributed by atoms with Crippen molar-refractivity contribution < 1.29 is 4.52 Å². The zero-order valence-electron chi connectivity index (χ0n) is 19.1. The average molecular weight is 465 g/mol. The van der Waals surface area contributed by atoms with Crippen LogP contribution in [0.25, 0.3) is 17.0 Å². The molecule has 1 N–H and O–H groups in total. The van der Waals surface area contributed by atoms with Gasteiger partial charge in [0.25, 0.3) is 5.89 Å². The van der Waals surface area contributed by atoms with E-state index < -0.39 is 0 Å². The predicted octanol–water partition coefficient (Wildman–Crippen LogP) is 6.15. The zero-order valence-corrected chi connectivity index (χ0v) is 20.7. The van der Waals surface area contributed by atoms with Crippen LogP contribution in [0.4, 0.5) is 0 Å². The molecule has 7 heteroatoms. The van der Waals surface area contributed by atoms with Crippen LogP contribution in [0.1, 0.15) is 48.9 Å². The van der Waals surface area contributed by atoms with Gasteiger partial charge in [-0.25, -0.2) is 0 Å². The van der Waals surface area contributed by atoms with Gasteiger partial charge in [0.05, 0.1) is 11.6 Å². The number of aromatic nitrogens is 2. The van der Waals surface area contributed by atoms with Gasteiger partial charge in [0.1, 0.15) is 0 Å². The Labute approximate surface area is 199 Å². The third-order valence-corrected chi connectivity index (χ3v) is 6.99. The molecule has 1 aliphatic rings. The van der Waals surface area contributed by atoms with E-state index in [0.29, 0.717) is 11.7 Å². The summed E-state index contributed by atoms with van der Waals surface area (Å²) in [5, 5.41) is 8.55. The number of allylic oxidation sites excluding steroid dienone is 1. The zero-order chi connectivity index (χ0) is 22.8. The lowest BCUT2D eigenvalue weighted by Gasteiger charge is -2.37. The predicted molar refractivity (Wildman–Crippen MR) is 135 cm³/mol. The van der Waals surface area contributed by atoms with E-state index in [-0.39, 0.29) is 6.04 Å². The number of hydrogen-bond acceptors (Lipinski definition) is 5. The molecular formula is C25H28N4OS2. The second-order valence-electron chi connectivity index (χ2n) is 8.03. The Balaban J connectivity index is 1.80. The van der Waals surface area contributed by atoms with Crippen molar-refractivity contribution in [2.45, 2.75) is 45.1 Å². The van der Waals surface area contributed by atoms with Gasteiger partial charge in [-0.15, -0.1) is 11.8 Å². The Morgan fingerprint density at radius 1 is 1.09 bits per heavy atom. The summed E-state index contributed by atoms with van der Waals surface area (Å²) in [6, 6.07) is 14.5. The van der Waals surface area contributed by atoms with E-state index in [0.717, 1.165) is 40.5 Å². The molecule has 1 aliphatic heterocycles. The normalized spacial score (nSPS) is 16.5. The van der Waals surface area contributed by atoms with Crippen LogP contribution >= 0.6 is 24.0 Å². The molecule has 2 heterocycles. The van der Waals surface area contributed by atoms with E-state index >= 15 is 0 Å². The minimum Gasteiger partial charge on any atom is -0.351 e. The van der Waals surface area contributed by atoms with Crippen molar-refractivity contribution in [2.24, 2.45) is 0 Å². The van der Waals surface area contributed by atoms with Gasteiger partial charge in [0, 0.05) is 22.7 Å². The Hall–Kier alpha value is -2.64. The van der Waals surface area contributed by atoms with Crippen LogP contribution in [-0.4, -0.2) is 33.0 Å². The van der Waals surface area contributed by atoms with Crippen LogP contribution in [0.2, 0.25) is 0 Å². The summed E-state index contributed by atoms with van der Waals surface area (Å²) in [6.45, 7) is 9.31. The van der Waals surface area contributed by atoms with E-state index in [2.05, 4.69) is 79.7 Å². The fourth-order valence-electron chi connectivity index (χ4n) is 3.94. The molecular weight excluding hydrogens is 436 g/mol. The minimum absolute atomic E-state index is 0.151. The molecule has 3 aromatic rings. The Kier molecular flexibility index (Phi) is 6.67. The van der Waals surface area contributed by atoms with E-state index in [4.69, 9.17) is 21.7 Å². The summed E-state index contributed by atoms with van der Waals surface area (Å²) in [4.78, 5) is 8.12. The maximum atomic E-state index is 5.82. The first-order valence-electron chi connectivity index (χ1n) is 10.8. The molecule has 4 rings (SSSR count). The van der Waals surface area contributed by atoms with Crippen molar-refractivity contribution in [1.82, 2.24) is 20.4 Å². The highest BCUT2D eigenvalue weighted by atomic mass is 32.2. The molecule has 0 radical (unpaired) electrons. The van der Waals surface area contributed by atoms with Crippen LogP contribution in [0, 0.1) is 13.8 Å². The van der Waals surface area contributed by atoms with Crippen molar-refractivity contribution in [3.05, 3.63) is 70.7 Å². The van der Waals surface area contributed by atoms with Crippen molar-refractivity contribution in [2.75, 3.05) is 12.8 Å². The molecule has 2 aromatic carbocycles. The number of thioether (sulfide) groups is 1. The molecule has 5 nitrogen and oxygen atoms in total. The maximum Gasteiger partial charge on any atom is 0.258 e. The van der Waals surface area contributed by atoms with Crippen molar-refractivity contribution >= 4 is 34.7 Å². The highest BCUT2D eigenvalue weighted by Crippen LogP contribution is 2.38. The molecule has 0 saturated heterocycles. The van der Waals surface area contributed by atoms with Gasteiger partial charge in [0.15, 0.2) is 5.11 Å². The third-order valence-electron chi connectivity index (χ3n) is 5.91. The molecule has 0 spiro atoms. The highest BCUT2D eigenvalue weighted by Gasteiger charge is 2.33. The summed E-state index contributed by atoms with van der Waals surface area (Å²) < 4.78 is 5.82. The number of nitrogens with one attached hydrogen (secondary N) is 1. The molecule has 0 aliphatic carbocycles. The van der Waals surface area contributed by atoms with Gasteiger partial charge in [-0.3, -0.25) is 0 Å². The average Bonchev–Trinajstić information content (AvgIpc) is 3.28. The number of nitrogens with zero attached hydrogens (tertiary/aromatic N) is 3. The van der Waals surface area contributed by atoms with Gasteiger partial charge >= 0.3 is 0 Å². The molecule has 0 fully saturated rings. The van der Waals surface area contributed by atoms with Crippen LogP contribution < -0.4 is 5.32 Å². The quantitative estimate of drug-likeness (QED) is 0.347. The fraction of sp³-hybridized carbons (Fsp3) is 0.320. The van der Waals surface area contributed by atoms with Crippen LogP contribution in [0.5, 0.6) is 0 Å². The lowest BCUT2D eigenvalue weighted by molar-refractivity contribution is 0.396. The van der Waals surface area contributed by atoms with Gasteiger partial charge in [-0.05, 0) is 86.6 Å². The number of benzene rings is 2.